The van der Waals surface area contributed by atoms with Crippen LogP contribution in [0.5, 0.6) is 0 Å². The number of ether oxygens (including phenoxy) is 3. The molecule has 2 fully saturated rings. The van der Waals surface area contributed by atoms with Gasteiger partial charge in [-0.1, -0.05) is 57.5 Å². The molecule has 1 heterocycles. The Morgan fingerprint density at radius 2 is 1.90 bits per heavy atom. The van der Waals surface area contributed by atoms with Gasteiger partial charge in [0, 0.05) is 24.7 Å². The van der Waals surface area contributed by atoms with Gasteiger partial charge in [-0.2, -0.15) is 0 Å². The van der Waals surface area contributed by atoms with Crippen molar-refractivity contribution in [3.05, 3.63) is 53.6 Å². The highest BCUT2D eigenvalue weighted by atomic mass is 16.7. The Morgan fingerprint density at radius 1 is 1.17 bits per heavy atom. The minimum Gasteiger partial charge on any atom is -0.455 e. The Kier molecular flexibility index (Phi) is 5.35. The van der Waals surface area contributed by atoms with Crippen molar-refractivity contribution in [2.75, 3.05) is 7.11 Å². The zero-order valence-electron chi connectivity index (χ0n) is 18.1. The maximum absolute atomic E-state index is 12.7. The van der Waals surface area contributed by atoms with E-state index in [2.05, 4.69) is 20.8 Å². The second-order valence-electron chi connectivity index (χ2n) is 9.58. The lowest BCUT2D eigenvalue weighted by atomic mass is 9.48. The Hall–Kier alpha value is -2.40. The zero-order chi connectivity index (χ0) is 21.5. The van der Waals surface area contributed by atoms with Crippen LogP contribution in [0.2, 0.25) is 0 Å². The van der Waals surface area contributed by atoms with Crippen LogP contribution >= 0.6 is 0 Å². The summed E-state index contributed by atoms with van der Waals surface area (Å²) >= 11 is 0. The SMILES string of the molecule is COC1OC(=O)C2=CC(OC(=O)C=Cc3ccccc3)C3C(C)(C)CCCC3(C)C21. The van der Waals surface area contributed by atoms with Gasteiger partial charge >= 0.3 is 11.9 Å². The van der Waals surface area contributed by atoms with Gasteiger partial charge in [0.2, 0.25) is 6.29 Å². The summed E-state index contributed by atoms with van der Waals surface area (Å²) in [6.45, 7) is 6.66. The smallest absolute Gasteiger partial charge is 0.336 e. The lowest BCUT2D eigenvalue weighted by Gasteiger charge is -2.57. The van der Waals surface area contributed by atoms with E-state index in [1.54, 1.807) is 13.2 Å². The molecule has 1 aliphatic heterocycles. The van der Waals surface area contributed by atoms with E-state index < -0.39 is 18.4 Å². The van der Waals surface area contributed by atoms with Gasteiger partial charge in [-0.15, -0.1) is 0 Å². The number of fused-ring (bicyclic) bond motifs is 3. The molecule has 2 aliphatic carbocycles. The molecule has 0 bridgehead atoms. The molecular formula is C25H30O5. The maximum atomic E-state index is 12.7. The van der Waals surface area contributed by atoms with E-state index in [4.69, 9.17) is 14.2 Å². The molecule has 4 rings (SSSR count). The monoisotopic (exact) mass is 410 g/mol. The third-order valence-electron chi connectivity index (χ3n) is 7.23. The third-order valence-corrected chi connectivity index (χ3v) is 7.23. The van der Waals surface area contributed by atoms with E-state index in [9.17, 15) is 9.59 Å². The fourth-order valence-electron chi connectivity index (χ4n) is 6.11. The Labute approximate surface area is 178 Å². The van der Waals surface area contributed by atoms with Crippen molar-refractivity contribution < 1.29 is 23.8 Å². The third kappa shape index (κ3) is 3.49. The minimum atomic E-state index is -0.584. The van der Waals surface area contributed by atoms with Crippen LogP contribution in [-0.4, -0.2) is 31.4 Å². The average molecular weight is 411 g/mol. The largest absolute Gasteiger partial charge is 0.455 e. The molecule has 1 saturated carbocycles. The van der Waals surface area contributed by atoms with Crippen LogP contribution in [0.25, 0.3) is 6.08 Å². The first-order valence-corrected chi connectivity index (χ1v) is 10.7. The molecule has 3 aliphatic rings. The number of benzene rings is 1. The number of cyclic esters (lactones) is 1. The zero-order valence-corrected chi connectivity index (χ0v) is 18.1. The lowest BCUT2D eigenvalue weighted by Crippen LogP contribution is -2.56. The summed E-state index contributed by atoms with van der Waals surface area (Å²) in [6, 6.07) is 9.63. The summed E-state index contributed by atoms with van der Waals surface area (Å²) < 4.78 is 17.0. The second kappa shape index (κ2) is 7.69. The molecule has 1 saturated heterocycles. The van der Waals surface area contributed by atoms with E-state index in [0.29, 0.717) is 5.57 Å². The van der Waals surface area contributed by atoms with E-state index in [0.717, 1.165) is 24.8 Å². The number of rotatable bonds is 4. The first-order valence-electron chi connectivity index (χ1n) is 10.7. The molecule has 0 spiro atoms. The summed E-state index contributed by atoms with van der Waals surface area (Å²) in [5.74, 6) is -0.851. The van der Waals surface area contributed by atoms with Crippen LogP contribution < -0.4 is 0 Å². The number of esters is 2. The molecule has 1 aromatic carbocycles. The highest BCUT2D eigenvalue weighted by Crippen LogP contribution is 2.62. The van der Waals surface area contributed by atoms with E-state index in [1.807, 2.05) is 36.4 Å². The maximum Gasteiger partial charge on any atom is 0.336 e. The first kappa shape index (κ1) is 20.9. The summed E-state index contributed by atoms with van der Waals surface area (Å²) in [5.41, 5.74) is 1.21. The fraction of sp³-hybridized carbons (Fsp3) is 0.520. The minimum absolute atomic E-state index is 0.0486. The van der Waals surface area contributed by atoms with Gasteiger partial charge < -0.3 is 14.2 Å². The van der Waals surface area contributed by atoms with E-state index >= 15 is 0 Å². The predicted octanol–water partition coefficient (Wildman–Crippen LogP) is 4.53. The summed E-state index contributed by atoms with van der Waals surface area (Å²) in [5, 5.41) is 0. The molecule has 0 aromatic heterocycles. The Balaban J connectivity index is 1.67. The molecule has 5 unspecified atom stereocenters. The normalized spacial score (nSPS) is 34.7. The lowest BCUT2D eigenvalue weighted by molar-refractivity contribution is -0.185. The van der Waals surface area contributed by atoms with Gasteiger partial charge in [-0.05, 0) is 41.4 Å². The molecule has 0 amide bonds. The standard InChI is InChI=1S/C25H30O5/c1-24(2)13-8-14-25(3)20-17(22(27)30-23(20)28-4)15-18(21(24)25)29-19(26)12-11-16-9-6-5-7-10-16/h5-7,9-12,15,18,20-21,23H,8,13-14H2,1-4H3. The molecule has 5 heteroatoms. The first-order chi connectivity index (χ1) is 14.3. The summed E-state index contributed by atoms with van der Waals surface area (Å²) in [7, 11) is 1.58. The molecule has 30 heavy (non-hydrogen) atoms. The van der Waals surface area contributed by atoms with Crippen LogP contribution in [0.15, 0.2) is 48.1 Å². The topological polar surface area (TPSA) is 61.8 Å². The molecule has 160 valence electrons. The molecular weight excluding hydrogens is 380 g/mol. The molecule has 0 radical (unpaired) electrons. The van der Waals surface area contributed by atoms with Gasteiger partial charge in [-0.3, -0.25) is 0 Å². The number of carbonyl (C=O) groups excluding carboxylic acids is 2. The van der Waals surface area contributed by atoms with Crippen LogP contribution in [0.4, 0.5) is 0 Å². The number of carbonyl (C=O) groups is 2. The fourth-order valence-corrected chi connectivity index (χ4v) is 6.11. The van der Waals surface area contributed by atoms with Crippen molar-refractivity contribution in [3.63, 3.8) is 0 Å². The number of hydrogen-bond donors (Lipinski definition) is 0. The van der Waals surface area contributed by atoms with Crippen LogP contribution in [0.3, 0.4) is 0 Å². The van der Waals surface area contributed by atoms with Crippen LogP contribution in [-0.2, 0) is 23.8 Å². The Bertz CT molecular complexity index is 884. The van der Waals surface area contributed by atoms with Crippen molar-refractivity contribution in [3.8, 4) is 0 Å². The van der Waals surface area contributed by atoms with Gasteiger partial charge in [0.1, 0.15) is 6.10 Å². The van der Waals surface area contributed by atoms with E-state index in [-0.39, 0.29) is 28.6 Å². The van der Waals surface area contributed by atoms with Crippen LogP contribution in [0.1, 0.15) is 45.6 Å². The average Bonchev–Trinajstić information content (AvgIpc) is 3.03. The van der Waals surface area contributed by atoms with E-state index in [1.165, 1.54) is 6.08 Å². The van der Waals surface area contributed by atoms with Crippen molar-refractivity contribution in [1.82, 2.24) is 0 Å². The van der Waals surface area contributed by atoms with Crippen molar-refractivity contribution >= 4 is 18.0 Å². The molecule has 5 atom stereocenters. The van der Waals surface area contributed by atoms with Crippen molar-refractivity contribution in [2.24, 2.45) is 22.7 Å². The molecule has 5 nitrogen and oxygen atoms in total. The predicted molar refractivity (Wildman–Crippen MR) is 113 cm³/mol. The van der Waals surface area contributed by atoms with Gasteiger partial charge in [0.25, 0.3) is 0 Å². The Morgan fingerprint density at radius 3 is 2.60 bits per heavy atom. The summed E-state index contributed by atoms with van der Waals surface area (Å²) in [4.78, 5) is 25.3. The number of hydrogen-bond acceptors (Lipinski definition) is 5. The van der Waals surface area contributed by atoms with Crippen molar-refractivity contribution in [1.29, 1.82) is 0 Å². The summed E-state index contributed by atoms with van der Waals surface area (Å²) in [6.07, 6.45) is 7.00. The van der Waals surface area contributed by atoms with Gasteiger partial charge in [-0.25, -0.2) is 9.59 Å². The van der Waals surface area contributed by atoms with Gasteiger partial charge in [0.15, 0.2) is 0 Å². The highest BCUT2D eigenvalue weighted by Gasteiger charge is 2.63. The molecule has 1 aromatic rings. The van der Waals surface area contributed by atoms with Gasteiger partial charge in [0.05, 0.1) is 5.92 Å². The van der Waals surface area contributed by atoms with Crippen molar-refractivity contribution in [2.45, 2.75) is 52.4 Å². The number of methoxy groups -OCH3 is 1. The quantitative estimate of drug-likeness (QED) is 0.539. The second-order valence-corrected chi connectivity index (χ2v) is 9.58. The van der Waals surface area contributed by atoms with Crippen LogP contribution in [0, 0.1) is 22.7 Å². The highest BCUT2D eigenvalue weighted by molar-refractivity contribution is 5.92. The molecule has 0 N–H and O–H groups in total.